The number of carbonyl (C=O) groups is 2. The number of hydrogen-bond donors (Lipinski definition) is 3. The monoisotopic (exact) mass is 467 g/mol. The highest BCUT2D eigenvalue weighted by Gasteiger charge is 2.20. The summed E-state index contributed by atoms with van der Waals surface area (Å²) in [6.07, 6.45) is 6.00. The number of fused-ring (bicyclic) bond motifs is 3. The van der Waals surface area contributed by atoms with Gasteiger partial charge in [-0.25, -0.2) is 9.78 Å². The number of benzene rings is 1. The van der Waals surface area contributed by atoms with E-state index in [-0.39, 0.29) is 30.0 Å². The van der Waals surface area contributed by atoms with E-state index < -0.39 is 0 Å². The van der Waals surface area contributed by atoms with Gasteiger partial charge in [-0.2, -0.15) is 0 Å². The predicted molar refractivity (Wildman–Crippen MR) is 131 cm³/mol. The van der Waals surface area contributed by atoms with Crippen molar-refractivity contribution in [2.45, 2.75) is 65.1 Å². The van der Waals surface area contributed by atoms with Crippen LogP contribution in [0.4, 0.5) is 10.5 Å². The Hall–Kier alpha value is -3.20. The molecule has 0 spiro atoms. The number of anilines is 1. The SMILES string of the molecule is CC(C)NC(=O)Nc1ccc(CNC(=O)CCn2cnc3sc4c(c3c2=O)CCCC4)cc1. The van der Waals surface area contributed by atoms with Gasteiger partial charge in [0.25, 0.3) is 5.56 Å². The molecule has 9 heteroatoms. The number of aromatic nitrogens is 2. The number of nitrogens with one attached hydrogen (secondary N) is 3. The molecule has 0 saturated carbocycles. The molecular weight excluding hydrogens is 438 g/mol. The Morgan fingerprint density at radius 3 is 2.67 bits per heavy atom. The maximum absolute atomic E-state index is 13.0. The van der Waals surface area contributed by atoms with Gasteiger partial charge in [0.1, 0.15) is 4.83 Å². The van der Waals surface area contributed by atoms with Gasteiger partial charge < -0.3 is 16.0 Å². The van der Waals surface area contributed by atoms with Gasteiger partial charge in [-0.1, -0.05) is 12.1 Å². The van der Waals surface area contributed by atoms with Crippen molar-refractivity contribution in [2.24, 2.45) is 0 Å². The number of carbonyl (C=O) groups excluding carboxylic acids is 2. The molecule has 0 unspecified atom stereocenters. The van der Waals surface area contributed by atoms with Crippen LogP contribution in [0.15, 0.2) is 35.4 Å². The van der Waals surface area contributed by atoms with Crippen LogP contribution in [0.2, 0.25) is 0 Å². The number of hydrogen-bond acceptors (Lipinski definition) is 5. The Labute approximate surface area is 196 Å². The normalized spacial score (nSPS) is 13.1. The van der Waals surface area contributed by atoms with Crippen LogP contribution in [0, 0.1) is 0 Å². The lowest BCUT2D eigenvalue weighted by Crippen LogP contribution is -2.34. The number of thiophene rings is 1. The Kier molecular flexibility index (Phi) is 7.08. The van der Waals surface area contributed by atoms with E-state index in [9.17, 15) is 14.4 Å². The van der Waals surface area contributed by atoms with E-state index in [2.05, 4.69) is 20.9 Å². The smallest absolute Gasteiger partial charge is 0.319 e. The minimum Gasteiger partial charge on any atom is -0.352 e. The largest absolute Gasteiger partial charge is 0.352 e. The maximum atomic E-state index is 13.0. The Balaban J connectivity index is 1.30. The molecule has 3 amide bonds. The van der Waals surface area contributed by atoms with E-state index in [1.807, 2.05) is 26.0 Å². The van der Waals surface area contributed by atoms with Crippen molar-refractivity contribution in [1.82, 2.24) is 20.2 Å². The molecule has 0 bridgehead atoms. The maximum Gasteiger partial charge on any atom is 0.319 e. The molecule has 0 fully saturated rings. The van der Waals surface area contributed by atoms with Gasteiger partial charge in [0.2, 0.25) is 5.91 Å². The lowest BCUT2D eigenvalue weighted by Gasteiger charge is -2.11. The fraction of sp³-hybridized carbons (Fsp3) is 0.417. The molecule has 0 radical (unpaired) electrons. The quantitative estimate of drug-likeness (QED) is 0.494. The van der Waals surface area contributed by atoms with Gasteiger partial charge >= 0.3 is 6.03 Å². The zero-order valence-corrected chi connectivity index (χ0v) is 19.8. The highest BCUT2D eigenvalue weighted by Crippen LogP contribution is 2.33. The summed E-state index contributed by atoms with van der Waals surface area (Å²) in [6, 6.07) is 7.11. The van der Waals surface area contributed by atoms with Crippen molar-refractivity contribution in [1.29, 1.82) is 0 Å². The van der Waals surface area contributed by atoms with Crippen molar-refractivity contribution >= 4 is 39.2 Å². The summed E-state index contributed by atoms with van der Waals surface area (Å²) in [7, 11) is 0. The predicted octanol–water partition coefficient (Wildman–Crippen LogP) is 3.57. The molecule has 0 atom stereocenters. The fourth-order valence-electron chi connectivity index (χ4n) is 3.99. The van der Waals surface area contributed by atoms with Crippen molar-refractivity contribution < 1.29 is 9.59 Å². The molecule has 2 aromatic heterocycles. The molecule has 2 heterocycles. The van der Waals surface area contributed by atoms with Crippen molar-refractivity contribution in [3.63, 3.8) is 0 Å². The van der Waals surface area contributed by atoms with Crippen LogP contribution in [0.5, 0.6) is 0 Å². The molecule has 0 saturated heterocycles. The summed E-state index contributed by atoms with van der Waals surface area (Å²) in [5.41, 5.74) is 2.72. The van der Waals surface area contributed by atoms with Crippen LogP contribution < -0.4 is 21.5 Å². The van der Waals surface area contributed by atoms with Gasteiger partial charge in [0.05, 0.1) is 11.7 Å². The molecule has 0 aliphatic heterocycles. The van der Waals surface area contributed by atoms with Gasteiger partial charge in [0.15, 0.2) is 0 Å². The second-order valence-corrected chi connectivity index (χ2v) is 9.69. The first kappa shape index (κ1) is 23.0. The topological polar surface area (TPSA) is 105 Å². The Morgan fingerprint density at radius 2 is 1.91 bits per heavy atom. The lowest BCUT2D eigenvalue weighted by atomic mass is 9.97. The molecule has 8 nitrogen and oxygen atoms in total. The molecule has 3 aromatic rings. The number of rotatable bonds is 7. The summed E-state index contributed by atoms with van der Waals surface area (Å²) >= 11 is 1.63. The zero-order valence-electron chi connectivity index (χ0n) is 18.9. The summed E-state index contributed by atoms with van der Waals surface area (Å²) in [6.45, 7) is 4.46. The fourth-order valence-corrected chi connectivity index (χ4v) is 5.21. The molecular formula is C24H29N5O3S. The van der Waals surface area contributed by atoms with Gasteiger partial charge in [-0.05, 0) is 62.8 Å². The van der Waals surface area contributed by atoms with E-state index in [0.29, 0.717) is 18.8 Å². The Bertz CT molecular complexity index is 1210. The number of urea groups is 1. The average Bonchev–Trinajstić information content (AvgIpc) is 3.17. The molecule has 4 rings (SSSR count). The Morgan fingerprint density at radius 1 is 1.15 bits per heavy atom. The van der Waals surface area contributed by atoms with Crippen LogP contribution in [-0.2, 0) is 30.7 Å². The lowest BCUT2D eigenvalue weighted by molar-refractivity contribution is -0.121. The van der Waals surface area contributed by atoms with Crippen LogP contribution in [0.25, 0.3) is 10.2 Å². The van der Waals surface area contributed by atoms with Crippen molar-refractivity contribution in [3.05, 3.63) is 57.0 Å². The molecule has 1 aromatic carbocycles. The van der Waals surface area contributed by atoms with E-state index in [0.717, 1.165) is 40.6 Å². The third-order valence-electron chi connectivity index (χ3n) is 5.64. The molecule has 1 aliphatic rings. The van der Waals surface area contributed by atoms with E-state index in [1.165, 1.54) is 11.3 Å². The van der Waals surface area contributed by atoms with E-state index in [4.69, 9.17) is 0 Å². The summed E-state index contributed by atoms with van der Waals surface area (Å²) < 4.78 is 1.55. The number of amides is 3. The molecule has 174 valence electrons. The molecule has 3 N–H and O–H groups in total. The van der Waals surface area contributed by atoms with Crippen molar-refractivity contribution in [2.75, 3.05) is 5.32 Å². The zero-order chi connectivity index (χ0) is 23.4. The van der Waals surface area contributed by atoms with Crippen molar-refractivity contribution in [3.8, 4) is 0 Å². The summed E-state index contributed by atoms with van der Waals surface area (Å²) in [4.78, 5) is 43.7. The third-order valence-corrected chi connectivity index (χ3v) is 6.84. The highest BCUT2D eigenvalue weighted by atomic mass is 32.1. The van der Waals surface area contributed by atoms with E-state index >= 15 is 0 Å². The highest BCUT2D eigenvalue weighted by molar-refractivity contribution is 7.18. The van der Waals surface area contributed by atoms with Crippen LogP contribution in [0.3, 0.4) is 0 Å². The minimum atomic E-state index is -0.253. The van der Waals surface area contributed by atoms with Crippen LogP contribution in [-0.4, -0.2) is 27.5 Å². The standard InChI is InChI=1S/C24H29N5O3S/c1-15(2)27-24(32)28-17-9-7-16(8-10-17)13-25-20(30)11-12-29-14-26-22-21(23(29)31)18-5-3-4-6-19(18)33-22/h7-10,14-15H,3-6,11-13H2,1-2H3,(H,25,30)(H2,27,28,32). The van der Waals surface area contributed by atoms with Crippen LogP contribution >= 0.6 is 11.3 Å². The van der Waals surface area contributed by atoms with Crippen LogP contribution in [0.1, 0.15) is 49.1 Å². The second-order valence-electron chi connectivity index (χ2n) is 8.61. The first-order valence-electron chi connectivity index (χ1n) is 11.3. The summed E-state index contributed by atoms with van der Waals surface area (Å²) in [5, 5.41) is 9.16. The third kappa shape index (κ3) is 5.60. The number of aryl methyl sites for hydroxylation is 3. The number of nitrogens with zero attached hydrogens (tertiary/aromatic N) is 2. The first-order chi connectivity index (χ1) is 15.9. The van der Waals surface area contributed by atoms with Gasteiger partial charge in [-0.15, -0.1) is 11.3 Å². The molecule has 1 aliphatic carbocycles. The minimum absolute atomic E-state index is 0.0446. The van der Waals surface area contributed by atoms with E-state index in [1.54, 1.807) is 34.4 Å². The van der Waals surface area contributed by atoms with Gasteiger partial charge in [-0.3, -0.25) is 14.2 Å². The molecule has 33 heavy (non-hydrogen) atoms. The second kappa shape index (κ2) is 10.2. The van der Waals surface area contributed by atoms with Gasteiger partial charge in [0, 0.05) is 36.1 Å². The summed E-state index contributed by atoms with van der Waals surface area (Å²) in [5.74, 6) is -0.132. The average molecular weight is 468 g/mol. The first-order valence-corrected chi connectivity index (χ1v) is 12.1.